The molecule has 0 saturated heterocycles. The normalized spacial score (nSPS) is 14.8. The van der Waals surface area contributed by atoms with E-state index in [1.165, 1.54) is 6.26 Å². The Kier molecular flexibility index (Phi) is 2.07. The van der Waals surface area contributed by atoms with Crippen LogP contribution >= 0.6 is 0 Å². The number of H-pyrrole nitrogens is 1. The molecule has 1 aliphatic heterocycles. The molecule has 6 heteroatoms. The Morgan fingerprint density at radius 3 is 3.19 bits per heavy atom. The number of fused-ring (bicyclic) bond motifs is 1. The fraction of sp³-hybridized carbons (Fsp3) is 0.300. The van der Waals surface area contributed by atoms with E-state index in [4.69, 9.17) is 0 Å². The summed E-state index contributed by atoms with van der Waals surface area (Å²) in [7, 11) is 0. The fourth-order valence-electron chi connectivity index (χ4n) is 1.90. The molecule has 1 aliphatic rings. The third kappa shape index (κ3) is 1.43. The van der Waals surface area contributed by atoms with E-state index in [0.717, 1.165) is 30.8 Å². The average Bonchev–Trinajstić information content (AvgIpc) is 2.81. The lowest BCUT2D eigenvalue weighted by Gasteiger charge is -2.16. The molecular formula is C10H10N4O2. The molecule has 0 amide bonds. The van der Waals surface area contributed by atoms with Crippen molar-refractivity contribution in [2.75, 3.05) is 6.54 Å². The van der Waals surface area contributed by atoms with Crippen molar-refractivity contribution < 1.29 is 4.52 Å². The van der Waals surface area contributed by atoms with Gasteiger partial charge in [0.15, 0.2) is 6.26 Å². The number of hydrogen-bond donors (Lipinski definition) is 2. The Morgan fingerprint density at radius 2 is 2.38 bits per heavy atom. The number of pyridine rings is 1. The Bertz CT molecular complexity index is 559. The van der Waals surface area contributed by atoms with Gasteiger partial charge in [0.25, 0.3) is 5.56 Å². The van der Waals surface area contributed by atoms with Gasteiger partial charge in [-0.25, -0.2) is 0 Å². The second-order valence-electron chi connectivity index (χ2n) is 3.73. The Balaban J connectivity index is 2.16. The van der Waals surface area contributed by atoms with Crippen molar-refractivity contribution in [2.45, 2.75) is 13.0 Å². The van der Waals surface area contributed by atoms with Crippen LogP contribution in [0, 0.1) is 0 Å². The molecule has 0 aliphatic carbocycles. The van der Waals surface area contributed by atoms with Gasteiger partial charge in [0.2, 0.25) is 0 Å². The first-order valence-corrected chi connectivity index (χ1v) is 5.08. The highest BCUT2D eigenvalue weighted by atomic mass is 16.5. The number of rotatable bonds is 1. The molecule has 0 unspecified atom stereocenters. The van der Waals surface area contributed by atoms with Gasteiger partial charge in [-0.05, 0) is 11.6 Å². The smallest absolute Gasteiger partial charge is 0.257 e. The van der Waals surface area contributed by atoms with Gasteiger partial charge in [0.1, 0.15) is 5.69 Å². The summed E-state index contributed by atoms with van der Waals surface area (Å²) >= 11 is 0. The van der Waals surface area contributed by atoms with Crippen LogP contribution in [0.15, 0.2) is 21.6 Å². The molecule has 0 aromatic carbocycles. The number of hydrogen-bond acceptors (Lipinski definition) is 5. The summed E-state index contributed by atoms with van der Waals surface area (Å²) in [6.45, 7) is 1.66. The van der Waals surface area contributed by atoms with Crippen molar-refractivity contribution in [3.8, 4) is 11.3 Å². The maximum absolute atomic E-state index is 11.8. The van der Waals surface area contributed by atoms with Gasteiger partial charge in [0, 0.05) is 30.5 Å². The number of aromatic amines is 1. The van der Waals surface area contributed by atoms with Crippen LogP contribution < -0.4 is 10.9 Å². The predicted molar refractivity (Wildman–Crippen MR) is 55.8 cm³/mol. The van der Waals surface area contributed by atoms with Crippen molar-refractivity contribution in [3.05, 3.63) is 33.9 Å². The lowest BCUT2D eigenvalue weighted by atomic mass is 10.0. The molecule has 6 nitrogen and oxygen atoms in total. The highest BCUT2D eigenvalue weighted by molar-refractivity contribution is 5.57. The van der Waals surface area contributed by atoms with Gasteiger partial charge in [0.05, 0.1) is 5.56 Å². The molecule has 0 atom stereocenters. The minimum Gasteiger partial charge on any atom is -0.345 e. The summed E-state index contributed by atoms with van der Waals surface area (Å²) in [6.07, 6.45) is 2.22. The van der Waals surface area contributed by atoms with Crippen molar-refractivity contribution in [3.63, 3.8) is 0 Å². The lowest BCUT2D eigenvalue weighted by molar-refractivity contribution is 0.393. The molecular weight excluding hydrogens is 208 g/mol. The van der Waals surface area contributed by atoms with Gasteiger partial charge in [-0.3, -0.25) is 4.79 Å². The molecule has 16 heavy (non-hydrogen) atoms. The summed E-state index contributed by atoms with van der Waals surface area (Å²) in [6, 6.07) is 1.85. The van der Waals surface area contributed by atoms with Crippen LogP contribution in [-0.4, -0.2) is 21.9 Å². The minimum atomic E-state index is -0.142. The zero-order valence-electron chi connectivity index (χ0n) is 8.49. The van der Waals surface area contributed by atoms with Gasteiger partial charge in [-0.2, -0.15) is 0 Å². The van der Waals surface area contributed by atoms with Crippen LogP contribution in [0.1, 0.15) is 11.3 Å². The van der Waals surface area contributed by atoms with Gasteiger partial charge in [-0.1, -0.05) is 0 Å². The van der Waals surface area contributed by atoms with Crippen LogP contribution in [-0.2, 0) is 13.0 Å². The van der Waals surface area contributed by atoms with Crippen LogP contribution in [0.3, 0.4) is 0 Å². The first-order chi connectivity index (χ1) is 7.84. The summed E-state index contributed by atoms with van der Waals surface area (Å²) in [5.74, 6) is 0. The summed E-state index contributed by atoms with van der Waals surface area (Å²) < 4.78 is 4.64. The number of nitrogens with zero attached hydrogens (tertiary/aromatic N) is 2. The largest absolute Gasteiger partial charge is 0.345 e. The summed E-state index contributed by atoms with van der Waals surface area (Å²) in [5.41, 5.74) is 2.93. The highest BCUT2D eigenvalue weighted by Gasteiger charge is 2.14. The maximum atomic E-state index is 11.8. The van der Waals surface area contributed by atoms with Crippen molar-refractivity contribution in [2.24, 2.45) is 0 Å². The molecule has 0 radical (unpaired) electrons. The van der Waals surface area contributed by atoms with Gasteiger partial charge < -0.3 is 14.8 Å². The molecule has 0 fully saturated rings. The molecule has 3 rings (SSSR count). The fourth-order valence-corrected chi connectivity index (χ4v) is 1.90. The Hall–Kier alpha value is -1.95. The predicted octanol–water partition coefficient (Wildman–Crippen LogP) is 0.0706. The molecule has 2 N–H and O–H groups in total. The molecule has 3 heterocycles. The van der Waals surface area contributed by atoms with E-state index in [-0.39, 0.29) is 5.56 Å². The average molecular weight is 218 g/mol. The second kappa shape index (κ2) is 3.57. The van der Waals surface area contributed by atoms with E-state index in [1.54, 1.807) is 0 Å². The van der Waals surface area contributed by atoms with Crippen LogP contribution in [0.2, 0.25) is 0 Å². The number of nitrogens with one attached hydrogen (secondary N) is 2. The molecule has 2 aromatic rings. The Morgan fingerprint density at radius 1 is 1.44 bits per heavy atom. The summed E-state index contributed by atoms with van der Waals surface area (Å²) in [5, 5.41) is 10.3. The van der Waals surface area contributed by atoms with Crippen molar-refractivity contribution in [1.29, 1.82) is 0 Å². The van der Waals surface area contributed by atoms with E-state index in [0.29, 0.717) is 11.3 Å². The number of aromatic nitrogens is 3. The van der Waals surface area contributed by atoms with Crippen molar-refractivity contribution >= 4 is 0 Å². The van der Waals surface area contributed by atoms with E-state index in [9.17, 15) is 4.79 Å². The maximum Gasteiger partial charge on any atom is 0.257 e. The lowest BCUT2D eigenvalue weighted by Crippen LogP contribution is -2.27. The monoisotopic (exact) mass is 218 g/mol. The van der Waals surface area contributed by atoms with Gasteiger partial charge in [-0.15, -0.1) is 5.10 Å². The first-order valence-electron chi connectivity index (χ1n) is 5.08. The van der Waals surface area contributed by atoms with Crippen LogP contribution in [0.4, 0.5) is 0 Å². The molecule has 0 bridgehead atoms. The van der Waals surface area contributed by atoms with Crippen molar-refractivity contribution in [1.82, 2.24) is 20.7 Å². The highest BCUT2D eigenvalue weighted by Crippen LogP contribution is 2.16. The van der Waals surface area contributed by atoms with Crippen LogP contribution in [0.25, 0.3) is 11.3 Å². The van der Waals surface area contributed by atoms with E-state index < -0.39 is 0 Å². The Labute approximate surface area is 90.7 Å². The zero-order valence-corrected chi connectivity index (χ0v) is 8.49. The third-order valence-corrected chi connectivity index (χ3v) is 2.72. The van der Waals surface area contributed by atoms with Crippen LogP contribution in [0.5, 0.6) is 0 Å². The quantitative estimate of drug-likeness (QED) is 0.707. The van der Waals surface area contributed by atoms with E-state index >= 15 is 0 Å². The van der Waals surface area contributed by atoms with E-state index in [1.807, 2.05) is 6.07 Å². The molecule has 2 aromatic heterocycles. The summed E-state index contributed by atoms with van der Waals surface area (Å²) in [4.78, 5) is 14.7. The molecule has 82 valence electrons. The minimum absolute atomic E-state index is 0.142. The van der Waals surface area contributed by atoms with E-state index in [2.05, 4.69) is 25.2 Å². The topological polar surface area (TPSA) is 83.8 Å². The van der Waals surface area contributed by atoms with Gasteiger partial charge >= 0.3 is 0 Å². The SMILES string of the molecule is O=c1[nH]c2c(cc1-c1conn1)CNCC2. The standard InChI is InChI=1S/C10H10N4O2/c15-10-7(9-5-16-14-13-9)3-6-4-11-2-1-8(6)12-10/h3,5,11H,1-2,4H2,(H,12,15). The third-order valence-electron chi connectivity index (χ3n) is 2.72. The molecule has 0 saturated carbocycles. The first kappa shape index (κ1) is 9.29. The zero-order chi connectivity index (χ0) is 11.0. The molecule has 0 spiro atoms. The second-order valence-corrected chi connectivity index (χ2v) is 3.73.